The van der Waals surface area contributed by atoms with Crippen molar-refractivity contribution in [3.63, 3.8) is 0 Å². The molecule has 2 heteroatoms. The third-order valence-corrected chi connectivity index (χ3v) is 5.10. The van der Waals surface area contributed by atoms with Crippen LogP contribution in [0.15, 0.2) is 91.0 Å². The summed E-state index contributed by atoms with van der Waals surface area (Å²) in [4.78, 5) is 11.0. The van der Waals surface area contributed by atoms with Crippen LogP contribution in [0.3, 0.4) is 0 Å². The van der Waals surface area contributed by atoms with Gasteiger partial charge in [0.15, 0.2) is 0 Å². The molecule has 4 rings (SSSR count). The zero-order valence-corrected chi connectivity index (χ0v) is 15.6. The summed E-state index contributed by atoms with van der Waals surface area (Å²) in [6.45, 7) is 0. The minimum atomic E-state index is -0.763. The lowest BCUT2D eigenvalue weighted by Crippen LogP contribution is -1.99. The van der Waals surface area contributed by atoms with Crippen molar-refractivity contribution in [2.45, 2.75) is 19.3 Å². The van der Waals surface area contributed by atoms with Crippen molar-refractivity contribution in [3.8, 4) is 11.1 Å². The Balaban J connectivity index is 1.77. The average Bonchev–Trinajstić information content (AvgIpc) is 2.73. The molecular weight excluding hydrogens is 344 g/mol. The van der Waals surface area contributed by atoms with Crippen LogP contribution in [0.4, 0.5) is 0 Å². The molecule has 0 fully saturated rings. The van der Waals surface area contributed by atoms with Crippen LogP contribution < -0.4 is 0 Å². The summed E-state index contributed by atoms with van der Waals surface area (Å²) in [6, 6.07) is 31.7. The fourth-order valence-corrected chi connectivity index (χ4v) is 3.63. The quantitative estimate of drug-likeness (QED) is 0.447. The topological polar surface area (TPSA) is 37.3 Å². The molecule has 0 aliphatic heterocycles. The maximum absolute atomic E-state index is 11.0. The molecule has 1 N–H and O–H groups in total. The number of aryl methyl sites for hydroxylation is 1. The molecule has 0 bridgehead atoms. The lowest BCUT2D eigenvalue weighted by atomic mass is 9.91. The molecule has 4 aromatic rings. The standard InChI is InChI=1S/C26H22O2/c27-26(28)15-11-20-10-12-23(16-19-6-2-1-3-7-19)25(17-20)24-14-13-21-8-4-5-9-22(21)18-24/h1-10,12-14,17-18H,11,15-16H2,(H,27,28). The molecular formula is C26H22O2. The molecule has 0 spiro atoms. The second kappa shape index (κ2) is 8.10. The van der Waals surface area contributed by atoms with Crippen molar-refractivity contribution in [2.75, 3.05) is 0 Å². The highest BCUT2D eigenvalue weighted by atomic mass is 16.4. The molecule has 0 amide bonds. The van der Waals surface area contributed by atoms with E-state index in [0.29, 0.717) is 6.42 Å². The van der Waals surface area contributed by atoms with Crippen molar-refractivity contribution in [2.24, 2.45) is 0 Å². The second-order valence-corrected chi connectivity index (χ2v) is 7.11. The van der Waals surface area contributed by atoms with Crippen molar-refractivity contribution in [1.29, 1.82) is 0 Å². The fourth-order valence-electron chi connectivity index (χ4n) is 3.63. The number of rotatable bonds is 6. The van der Waals surface area contributed by atoms with Gasteiger partial charge in [0.2, 0.25) is 0 Å². The summed E-state index contributed by atoms with van der Waals surface area (Å²) < 4.78 is 0. The van der Waals surface area contributed by atoms with Gasteiger partial charge in [0.1, 0.15) is 0 Å². The summed E-state index contributed by atoms with van der Waals surface area (Å²) in [5, 5.41) is 11.5. The largest absolute Gasteiger partial charge is 0.481 e. The van der Waals surface area contributed by atoms with E-state index in [1.54, 1.807) is 0 Å². The first kappa shape index (κ1) is 18.0. The lowest BCUT2D eigenvalue weighted by Gasteiger charge is -2.13. The van der Waals surface area contributed by atoms with E-state index in [9.17, 15) is 4.79 Å². The van der Waals surface area contributed by atoms with Gasteiger partial charge in [-0.2, -0.15) is 0 Å². The molecule has 0 unspecified atom stereocenters. The van der Waals surface area contributed by atoms with E-state index < -0.39 is 5.97 Å². The number of hydrogen-bond donors (Lipinski definition) is 1. The normalized spacial score (nSPS) is 10.9. The van der Waals surface area contributed by atoms with E-state index in [4.69, 9.17) is 5.11 Å². The molecule has 0 saturated carbocycles. The molecule has 28 heavy (non-hydrogen) atoms. The zero-order valence-electron chi connectivity index (χ0n) is 15.6. The minimum Gasteiger partial charge on any atom is -0.481 e. The Bertz CT molecular complexity index is 1110. The van der Waals surface area contributed by atoms with Crippen LogP contribution in [0.5, 0.6) is 0 Å². The summed E-state index contributed by atoms with van der Waals surface area (Å²) in [7, 11) is 0. The maximum Gasteiger partial charge on any atom is 0.303 e. The Morgan fingerprint density at radius 1 is 0.714 bits per heavy atom. The third-order valence-electron chi connectivity index (χ3n) is 5.10. The van der Waals surface area contributed by atoms with Crippen molar-refractivity contribution in [1.82, 2.24) is 0 Å². The van der Waals surface area contributed by atoms with Crippen LogP contribution in [-0.2, 0) is 17.6 Å². The Morgan fingerprint density at radius 3 is 2.25 bits per heavy atom. The van der Waals surface area contributed by atoms with Gasteiger partial charge < -0.3 is 5.11 Å². The van der Waals surface area contributed by atoms with Gasteiger partial charge in [-0.15, -0.1) is 0 Å². The second-order valence-electron chi connectivity index (χ2n) is 7.11. The average molecular weight is 366 g/mol. The smallest absolute Gasteiger partial charge is 0.303 e. The minimum absolute atomic E-state index is 0.148. The van der Waals surface area contributed by atoms with E-state index in [2.05, 4.69) is 84.9 Å². The fraction of sp³-hybridized carbons (Fsp3) is 0.115. The van der Waals surface area contributed by atoms with Crippen LogP contribution in [0.1, 0.15) is 23.1 Å². The van der Waals surface area contributed by atoms with Gasteiger partial charge in [-0.1, -0.05) is 84.9 Å². The van der Waals surface area contributed by atoms with E-state index in [1.165, 1.54) is 33.0 Å². The maximum atomic E-state index is 11.0. The monoisotopic (exact) mass is 366 g/mol. The predicted molar refractivity (Wildman–Crippen MR) is 115 cm³/mol. The van der Waals surface area contributed by atoms with Gasteiger partial charge in [0.05, 0.1) is 0 Å². The van der Waals surface area contributed by atoms with E-state index in [-0.39, 0.29) is 6.42 Å². The van der Waals surface area contributed by atoms with Crippen molar-refractivity contribution < 1.29 is 9.90 Å². The summed E-state index contributed by atoms with van der Waals surface area (Å²) in [6.07, 6.45) is 1.54. The molecule has 138 valence electrons. The van der Waals surface area contributed by atoms with Crippen LogP contribution in [-0.4, -0.2) is 11.1 Å². The Labute approximate surface area is 165 Å². The third kappa shape index (κ3) is 4.12. The van der Waals surface area contributed by atoms with Crippen LogP contribution in [0, 0.1) is 0 Å². The van der Waals surface area contributed by atoms with Gasteiger partial charge >= 0.3 is 5.97 Å². The SMILES string of the molecule is O=C(O)CCc1ccc(Cc2ccccc2)c(-c2ccc3ccccc3c2)c1. The highest BCUT2D eigenvalue weighted by Crippen LogP contribution is 2.30. The molecule has 0 aliphatic rings. The molecule has 4 aromatic carbocycles. The molecule has 0 atom stereocenters. The van der Waals surface area contributed by atoms with Crippen LogP contribution in [0.25, 0.3) is 21.9 Å². The van der Waals surface area contributed by atoms with E-state index in [1.807, 2.05) is 6.07 Å². The first-order valence-corrected chi connectivity index (χ1v) is 9.56. The zero-order chi connectivity index (χ0) is 19.3. The number of carbonyl (C=O) groups is 1. The summed E-state index contributed by atoms with van der Waals surface area (Å²) in [5.41, 5.74) is 5.92. The van der Waals surface area contributed by atoms with Crippen LogP contribution >= 0.6 is 0 Å². The molecule has 0 radical (unpaired) electrons. The van der Waals surface area contributed by atoms with Gasteiger partial charge in [-0.3, -0.25) is 4.79 Å². The Kier molecular flexibility index (Phi) is 5.20. The molecule has 0 aliphatic carbocycles. The highest BCUT2D eigenvalue weighted by molar-refractivity contribution is 5.88. The highest BCUT2D eigenvalue weighted by Gasteiger charge is 2.10. The summed E-state index contributed by atoms with van der Waals surface area (Å²) in [5.74, 6) is -0.763. The number of fused-ring (bicyclic) bond motifs is 1. The first-order chi connectivity index (χ1) is 13.7. The molecule has 0 saturated heterocycles. The number of carboxylic acids is 1. The molecule has 0 aromatic heterocycles. The number of hydrogen-bond acceptors (Lipinski definition) is 1. The van der Waals surface area contributed by atoms with Crippen molar-refractivity contribution in [3.05, 3.63) is 108 Å². The summed E-state index contributed by atoms with van der Waals surface area (Å²) >= 11 is 0. The van der Waals surface area contributed by atoms with Gasteiger partial charge in [-0.05, 0) is 57.5 Å². The van der Waals surface area contributed by atoms with Gasteiger partial charge in [-0.25, -0.2) is 0 Å². The van der Waals surface area contributed by atoms with E-state index in [0.717, 1.165) is 12.0 Å². The molecule has 0 heterocycles. The first-order valence-electron chi connectivity index (χ1n) is 9.56. The molecule has 2 nitrogen and oxygen atoms in total. The predicted octanol–water partition coefficient (Wildman–Crippen LogP) is 6.11. The Hall–Kier alpha value is -3.39. The van der Waals surface area contributed by atoms with Crippen LogP contribution in [0.2, 0.25) is 0 Å². The number of carboxylic acid groups (broad SMARTS) is 1. The van der Waals surface area contributed by atoms with Crippen molar-refractivity contribution >= 4 is 16.7 Å². The number of aliphatic carboxylic acids is 1. The van der Waals surface area contributed by atoms with Gasteiger partial charge in [0, 0.05) is 6.42 Å². The lowest BCUT2D eigenvalue weighted by molar-refractivity contribution is -0.136. The number of benzene rings is 4. The Morgan fingerprint density at radius 2 is 1.46 bits per heavy atom. The van der Waals surface area contributed by atoms with Gasteiger partial charge in [0.25, 0.3) is 0 Å². The van der Waals surface area contributed by atoms with E-state index >= 15 is 0 Å².